The lowest BCUT2D eigenvalue weighted by Gasteiger charge is -2.20. The number of hydrogen-bond donors (Lipinski definition) is 1. The van der Waals surface area contributed by atoms with E-state index in [0.29, 0.717) is 23.1 Å². The van der Waals surface area contributed by atoms with E-state index >= 15 is 0 Å². The summed E-state index contributed by atoms with van der Waals surface area (Å²) in [7, 11) is 1.24. The standard InChI is InChI=1S/C21H30BrF2N3O4Si/c1-7-13-15(23)9-8-14(17(13)22)19(28)18-16(21(29)26(2)30-3)20(24)25-27(18)12-31-10-11-32(4,5)6/h8-9,19,28H,7,10-12H2,1-6H3. The summed E-state index contributed by atoms with van der Waals surface area (Å²) in [4.78, 5) is 17.7. The molecule has 178 valence electrons. The molecule has 0 saturated carbocycles. The molecule has 0 saturated heterocycles. The zero-order valence-electron chi connectivity index (χ0n) is 19.2. The highest BCUT2D eigenvalue weighted by molar-refractivity contribution is 9.10. The molecular weight excluding hydrogens is 504 g/mol. The quantitative estimate of drug-likeness (QED) is 0.276. The fraction of sp³-hybridized carbons (Fsp3) is 0.524. The van der Waals surface area contributed by atoms with E-state index in [1.807, 2.05) is 0 Å². The topological polar surface area (TPSA) is 76.8 Å². The lowest BCUT2D eigenvalue weighted by Crippen LogP contribution is -2.28. The lowest BCUT2D eigenvalue weighted by molar-refractivity contribution is -0.0761. The summed E-state index contributed by atoms with van der Waals surface area (Å²) in [6, 6.07) is 3.50. The Morgan fingerprint density at radius 2 is 2.00 bits per heavy atom. The third-order valence-electron chi connectivity index (χ3n) is 5.06. The molecule has 0 bridgehead atoms. The van der Waals surface area contributed by atoms with Gasteiger partial charge in [0.1, 0.15) is 24.2 Å². The first-order chi connectivity index (χ1) is 14.9. The SMILES string of the molecule is CCc1c(F)ccc(C(O)c2c(C(=O)N(C)OC)c(F)nn2COCC[Si](C)(C)C)c1Br. The van der Waals surface area contributed by atoms with Crippen molar-refractivity contribution in [1.82, 2.24) is 14.8 Å². The summed E-state index contributed by atoms with van der Waals surface area (Å²) in [6.45, 7) is 8.67. The first-order valence-electron chi connectivity index (χ1n) is 10.2. The van der Waals surface area contributed by atoms with Gasteiger partial charge in [0.2, 0.25) is 5.95 Å². The molecule has 1 amide bonds. The Hall–Kier alpha value is -1.66. The Kier molecular flexibility index (Phi) is 9.12. The highest BCUT2D eigenvalue weighted by Gasteiger charge is 2.33. The zero-order chi connectivity index (χ0) is 24.2. The van der Waals surface area contributed by atoms with Crippen molar-refractivity contribution in [3.05, 3.63) is 50.8 Å². The second-order valence-corrected chi connectivity index (χ2v) is 15.0. The molecule has 1 aromatic heterocycles. The van der Waals surface area contributed by atoms with Crippen molar-refractivity contribution in [3.63, 3.8) is 0 Å². The minimum Gasteiger partial charge on any atom is -0.382 e. The number of ether oxygens (including phenoxy) is 1. The second kappa shape index (κ2) is 11.0. The number of aliphatic hydroxyl groups is 1. The number of aromatic nitrogens is 2. The molecule has 0 aliphatic heterocycles. The maximum absolute atomic E-state index is 14.8. The predicted octanol–water partition coefficient (Wildman–Crippen LogP) is 4.51. The molecule has 1 atom stereocenters. The largest absolute Gasteiger partial charge is 0.382 e. The molecule has 7 nitrogen and oxygen atoms in total. The number of carbonyl (C=O) groups excluding carboxylic acids is 1. The van der Waals surface area contributed by atoms with E-state index in [-0.39, 0.29) is 18.0 Å². The number of carbonyl (C=O) groups is 1. The molecular formula is C21H30BrF2N3O4Si. The maximum Gasteiger partial charge on any atom is 0.283 e. The van der Waals surface area contributed by atoms with E-state index in [1.165, 1.54) is 26.3 Å². The van der Waals surface area contributed by atoms with Gasteiger partial charge in [0, 0.05) is 37.3 Å². The molecule has 1 aromatic carbocycles. The average molecular weight is 534 g/mol. The number of hydroxylamine groups is 2. The van der Waals surface area contributed by atoms with Crippen LogP contribution in [0.3, 0.4) is 0 Å². The van der Waals surface area contributed by atoms with Crippen LogP contribution in [0.5, 0.6) is 0 Å². The van der Waals surface area contributed by atoms with E-state index in [0.717, 1.165) is 15.8 Å². The minimum atomic E-state index is -1.47. The van der Waals surface area contributed by atoms with Gasteiger partial charge in [-0.15, -0.1) is 5.10 Å². The molecule has 0 aliphatic rings. The van der Waals surface area contributed by atoms with Crippen molar-refractivity contribution in [2.24, 2.45) is 0 Å². The monoisotopic (exact) mass is 533 g/mol. The predicted molar refractivity (Wildman–Crippen MR) is 123 cm³/mol. The van der Waals surface area contributed by atoms with Gasteiger partial charge in [0.15, 0.2) is 0 Å². The first kappa shape index (κ1) is 26.6. The molecule has 32 heavy (non-hydrogen) atoms. The molecule has 11 heteroatoms. The van der Waals surface area contributed by atoms with Crippen LogP contribution in [0.25, 0.3) is 0 Å². The first-order valence-corrected chi connectivity index (χ1v) is 14.7. The Bertz CT molecular complexity index is 965. The number of halogens is 3. The van der Waals surface area contributed by atoms with Gasteiger partial charge in [-0.05, 0) is 18.5 Å². The number of amides is 1. The Morgan fingerprint density at radius 3 is 2.56 bits per heavy atom. The van der Waals surface area contributed by atoms with E-state index < -0.39 is 37.4 Å². The van der Waals surface area contributed by atoms with E-state index in [1.54, 1.807) is 6.92 Å². The zero-order valence-corrected chi connectivity index (χ0v) is 21.8. The average Bonchev–Trinajstić information content (AvgIpc) is 3.05. The molecule has 0 radical (unpaired) electrons. The third kappa shape index (κ3) is 6.01. The normalized spacial score (nSPS) is 12.8. The van der Waals surface area contributed by atoms with Crippen LogP contribution in [-0.2, 0) is 22.7 Å². The van der Waals surface area contributed by atoms with Gasteiger partial charge in [-0.25, -0.2) is 14.1 Å². The fourth-order valence-electron chi connectivity index (χ4n) is 3.09. The molecule has 2 aromatic rings. The van der Waals surface area contributed by atoms with Gasteiger partial charge in [-0.1, -0.05) is 48.6 Å². The van der Waals surface area contributed by atoms with Crippen molar-refractivity contribution in [1.29, 1.82) is 0 Å². The molecule has 0 aliphatic carbocycles. The summed E-state index contributed by atoms with van der Waals surface area (Å²) in [5, 5.41) is 15.8. The summed E-state index contributed by atoms with van der Waals surface area (Å²) in [5.74, 6) is -2.31. The maximum atomic E-state index is 14.8. The van der Waals surface area contributed by atoms with Gasteiger partial charge in [-0.3, -0.25) is 9.63 Å². The van der Waals surface area contributed by atoms with Crippen LogP contribution in [0.2, 0.25) is 25.7 Å². The van der Waals surface area contributed by atoms with Crippen LogP contribution < -0.4 is 0 Å². The van der Waals surface area contributed by atoms with Crippen LogP contribution in [0.15, 0.2) is 16.6 Å². The van der Waals surface area contributed by atoms with E-state index in [9.17, 15) is 18.7 Å². The van der Waals surface area contributed by atoms with Crippen LogP contribution in [-0.4, -0.2) is 54.7 Å². The van der Waals surface area contributed by atoms with Crippen LogP contribution in [0.1, 0.15) is 40.2 Å². The number of benzene rings is 1. The second-order valence-electron chi connectivity index (χ2n) is 8.57. The Balaban J connectivity index is 2.53. The van der Waals surface area contributed by atoms with Crippen LogP contribution in [0.4, 0.5) is 8.78 Å². The highest BCUT2D eigenvalue weighted by atomic mass is 79.9. The summed E-state index contributed by atoms with van der Waals surface area (Å²) in [5.41, 5.74) is 0.102. The molecule has 1 unspecified atom stereocenters. The van der Waals surface area contributed by atoms with Crippen molar-refractivity contribution in [3.8, 4) is 0 Å². The van der Waals surface area contributed by atoms with Gasteiger partial charge >= 0.3 is 0 Å². The van der Waals surface area contributed by atoms with E-state index in [4.69, 9.17) is 9.57 Å². The van der Waals surface area contributed by atoms with Crippen molar-refractivity contribution in [2.75, 3.05) is 20.8 Å². The highest BCUT2D eigenvalue weighted by Crippen LogP contribution is 2.35. The number of nitrogens with zero attached hydrogens (tertiary/aromatic N) is 3. The minimum absolute atomic E-state index is 0.0984. The number of hydrogen-bond acceptors (Lipinski definition) is 5. The van der Waals surface area contributed by atoms with Crippen molar-refractivity contribution < 1.29 is 28.3 Å². The van der Waals surface area contributed by atoms with E-state index in [2.05, 4.69) is 40.7 Å². The molecule has 0 fully saturated rings. The number of rotatable bonds is 10. The Labute approximate surface area is 196 Å². The lowest BCUT2D eigenvalue weighted by atomic mass is 9.99. The van der Waals surface area contributed by atoms with Crippen molar-refractivity contribution in [2.45, 2.75) is 51.9 Å². The summed E-state index contributed by atoms with van der Waals surface area (Å²) in [6.07, 6.45) is -1.10. The molecule has 2 rings (SSSR count). The van der Waals surface area contributed by atoms with Crippen molar-refractivity contribution >= 4 is 29.9 Å². The van der Waals surface area contributed by atoms with Gasteiger partial charge in [0.05, 0.1) is 12.8 Å². The van der Waals surface area contributed by atoms with Gasteiger partial charge < -0.3 is 9.84 Å². The Morgan fingerprint density at radius 1 is 1.34 bits per heavy atom. The van der Waals surface area contributed by atoms with Crippen LogP contribution in [0, 0.1) is 11.8 Å². The number of aliphatic hydroxyl groups excluding tert-OH is 1. The smallest absolute Gasteiger partial charge is 0.283 e. The summed E-state index contributed by atoms with van der Waals surface area (Å²) < 4.78 is 36.1. The molecule has 0 spiro atoms. The molecule has 1 N–H and O–H groups in total. The summed E-state index contributed by atoms with van der Waals surface area (Å²) >= 11 is 3.34. The third-order valence-corrected chi connectivity index (χ3v) is 7.70. The van der Waals surface area contributed by atoms with Gasteiger partial charge in [-0.2, -0.15) is 4.39 Å². The molecule has 1 heterocycles. The van der Waals surface area contributed by atoms with Crippen LogP contribution >= 0.6 is 15.9 Å². The van der Waals surface area contributed by atoms with Gasteiger partial charge in [0.25, 0.3) is 5.91 Å². The fourth-order valence-corrected chi connectivity index (χ4v) is 4.66.